The summed E-state index contributed by atoms with van der Waals surface area (Å²) in [6.45, 7) is 8.87. The summed E-state index contributed by atoms with van der Waals surface area (Å²) in [5, 5.41) is 4.18. The number of hydrogen-bond acceptors (Lipinski definition) is 5. The second-order valence-electron chi connectivity index (χ2n) is 8.93. The van der Waals surface area contributed by atoms with Gasteiger partial charge in [-0.3, -0.25) is 4.79 Å². The van der Waals surface area contributed by atoms with E-state index in [1.165, 1.54) is 11.8 Å². The molecule has 0 saturated carbocycles. The molecule has 1 amide bonds. The highest BCUT2D eigenvalue weighted by atomic mass is 35.5. The van der Waals surface area contributed by atoms with Gasteiger partial charge in [0.1, 0.15) is 11.0 Å². The maximum Gasteiger partial charge on any atom is 0.251 e. The summed E-state index contributed by atoms with van der Waals surface area (Å²) < 4.78 is 0. The van der Waals surface area contributed by atoms with Gasteiger partial charge in [0.2, 0.25) is 0 Å². The zero-order valence-electron chi connectivity index (χ0n) is 21.7. The van der Waals surface area contributed by atoms with Crippen LogP contribution < -0.4 is 10.2 Å². The van der Waals surface area contributed by atoms with Crippen LogP contribution in [-0.2, 0) is 12.2 Å². The van der Waals surface area contributed by atoms with E-state index in [1.807, 2.05) is 89.8 Å². The minimum absolute atomic E-state index is 0.114. The summed E-state index contributed by atoms with van der Waals surface area (Å²) >= 11 is 7.78. The number of anilines is 1. The number of nitrogens with one attached hydrogen (secondary N) is 1. The number of carbonyl (C=O) groups is 1. The Kier molecular flexibility index (Phi) is 10.3. The van der Waals surface area contributed by atoms with E-state index < -0.39 is 0 Å². The van der Waals surface area contributed by atoms with Crippen LogP contribution in [0.4, 0.5) is 5.82 Å². The van der Waals surface area contributed by atoms with Crippen molar-refractivity contribution in [3.63, 3.8) is 0 Å². The van der Waals surface area contributed by atoms with E-state index in [1.54, 1.807) is 6.07 Å². The number of hydrogen-bond donors (Lipinski definition) is 1. The predicted molar refractivity (Wildman–Crippen MR) is 162 cm³/mol. The van der Waals surface area contributed by atoms with Gasteiger partial charge in [0.25, 0.3) is 5.91 Å². The van der Waals surface area contributed by atoms with E-state index in [0.717, 1.165) is 22.5 Å². The number of carbonyl (C=O) groups excluding carboxylic acids is 1. The third-order valence-corrected chi connectivity index (χ3v) is 7.14. The molecule has 4 rings (SSSR count). The molecule has 0 aliphatic carbocycles. The molecule has 0 saturated heterocycles. The molecule has 1 N–H and O–H groups in total. The molecule has 39 heavy (non-hydrogen) atoms. The van der Waals surface area contributed by atoms with E-state index in [0.29, 0.717) is 41.1 Å². The second-order valence-corrected chi connectivity index (χ2v) is 10.3. The maximum absolute atomic E-state index is 13.4. The van der Waals surface area contributed by atoms with Crippen molar-refractivity contribution < 1.29 is 4.79 Å². The molecule has 0 radical (unpaired) electrons. The molecule has 0 aliphatic rings. The van der Waals surface area contributed by atoms with Gasteiger partial charge in [-0.2, -0.15) is 0 Å². The molecule has 1 aromatic heterocycles. The average Bonchev–Trinajstić information content (AvgIpc) is 2.96. The monoisotopic (exact) mass is 554 g/mol. The van der Waals surface area contributed by atoms with Gasteiger partial charge >= 0.3 is 0 Å². The van der Waals surface area contributed by atoms with Gasteiger partial charge in [-0.05, 0) is 35.2 Å². The summed E-state index contributed by atoms with van der Waals surface area (Å²) in [6, 6.07) is 29.5. The van der Waals surface area contributed by atoms with Crippen molar-refractivity contribution in [3.05, 3.63) is 144 Å². The van der Waals surface area contributed by atoms with Crippen LogP contribution in [-0.4, -0.2) is 29.0 Å². The number of halogens is 1. The van der Waals surface area contributed by atoms with E-state index >= 15 is 0 Å². The van der Waals surface area contributed by atoms with Gasteiger partial charge in [-0.15, -0.1) is 13.2 Å². The Labute approximate surface area is 239 Å². The molecule has 0 fully saturated rings. The van der Waals surface area contributed by atoms with Gasteiger partial charge in [0.05, 0.1) is 6.04 Å². The minimum Gasteiger partial charge on any atom is -0.349 e. The zero-order chi connectivity index (χ0) is 27.5. The highest BCUT2D eigenvalue weighted by Crippen LogP contribution is 2.25. The topological polar surface area (TPSA) is 58.1 Å². The van der Waals surface area contributed by atoms with Gasteiger partial charge in [0, 0.05) is 30.5 Å². The second kappa shape index (κ2) is 14.3. The number of thioether (sulfide) groups is 1. The SMILES string of the molecule is C=CCN(CC=C)c1cc(Cl)nc(SCc2cccc(C(=O)NC(Cc3ccccc3)c3ccccc3)c2)n1. The lowest BCUT2D eigenvalue weighted by Gasteiger charge is -2.20. The van der Waals surface area contributed by atoms with E-state index in [9.17, 15) is 4.79 Å². The third-order valence-electron chi connectivity index (χ3n) is 6.03. The Hall–Kier alpha value is -3.87. The Morgan fingerprint density at radius 2 is 1.56 bits per heavy atom. The molecular weight excluding hydrogens is 524 g/mol. The standard InChI is InChI=1S/C32H31ClN4OS/c1-3-18-37(19-4-2)30-22-29(33)35-32(36-30)39-23-25-14-11-17-27(20-25)31(38)34-28(26-15-9-6-10-16-26)21-24-12-7-5-8-13-24/h3-17,20,22,28H,1-2,18-19,21,23H2,(H,34,38). The number of amides is 1. The molecule has 3 aromatic carbocycles. The van der Waals surface area contributed by atoms with Crippen LogP contribution in [0.2, 0.25) is 5.15 Å². The fourth-order valence-electron chi connectivity index (χ4n) is 4.16. The Balaban J connectivity index is 1.46. The average molecular weight is 555 g/mol. The van der Waals surface area contributed by atoms with Crippen LogP contribution in [0.15, 0.2) is 121 Å². The molecule has 0 bridgehead atoms. The van der Waals surface area contributed by atoms with Crippen molar-refractivity contribution in [2.75, 3.05) is 18.0 Å². The number of nitrogens with zero attached hydrogens (tertiary/aromatic N) is 3. The first kappa shape index (κ1) is 28.1. The van der Waals surface area contributed by atoms with Crippen LogP contribution in [0, 0.1) is 0 Å². The lowest BCUT2D eigenvalue weighted by Crippen LogP contribution is -2.30. The Morgan fingerprint density at radius 1 is 0.897 bits per heavy atom. The first-order valence-corrected chi connectivity index (χ1v) is 14.0. The highest BCUT2D eigenvalue weighted by Gasteiger charge is 2.17. The summed E-state index contributed by atoms with van der Waals surface area (Å²) in [5.74, 6) is 1.20. The Morgan fingerprint density at radius 3 is 2.26 bits per heavy atom. The van der Waals surface area contributed by atoms with E-state index in [2.05, 4.69) is 40.6 Å². The van der Waals surface area contributed by atoms with Crippen LogP contribution in [0.25, 0.3) is 0 Å². The van der Waals surface area contributed by atoms with E-state index in [-0.39, 0.29) is 11.9 Å². The van der Waals surface area contributed by atoms with Crippen LogP contribution >= 0.6 is 23.4 Å². The molecule has 0 aliphatic heterocycles. The van der Waals surface area contributed by atoms with Crippen molar-refractivity contribution in [2.45, 2.75) is 23.4 Å². The summed E-state index contributed by atoms with van der Waals surface area (Å²) in [6.07, 6.45) is 4.32. The largest absolute Gasteiger partial charge is 0.349 e. The van der Waals surface area contributed by atoms with Crippen molar-refractivity contribution in [3.8, 4) is 0 Å². The molecule has 1 unspecified atom stereocenters. The first-order chi connectivity index (χ1) is 19.1. The smallest absolute Gasteiger partial charge is 0.251 e. The zero-order valence-corrected chi connectivity index (χ0v) is 23.2. The molecule has 0 spiro atoms. The number of aromatic nitrogens is 2. The summed E-state index contributed by atoms with van der Waals surface area (Å²) in [4.78, 5) is 24.4. The fraction of sp³-hybridized carbons (Fsp3) is 0.156. The number of rotatable bonds is 13. The van der Waals surface area contributed by atoms with Gasteiger partial charge < -0.3 is 10.2 Å². The normalized spacial score (nSPS) is 11.4. The predicted octanol–water partition coefficient (Wildman–Crippen LogP) is 7.31. The summed E-state index contributed by atoms with van der Waals surface area (Å²) in [7, 11) is 0. The maximum atomic E-state index is 13.4. The van der Waals surface area contributed by atoms with Crippen LogP contribution in [0.1, 0.15) is 33.1 Å². The molecule has 7 heteroatoms. The molecule has 4 aromatic rings. The van der Waals surface area contributed by atoms with Crippen LogP contribution in [0.3, 0.4) is 0 Å². The lowest BCUT2D eigenvalue weighted by atomic mass is 9.98. The Bertz CT molecular complexity index is 1390. The van der Waals surface area contributed by atoms with Crippen molar-refractivity contribution in [1.82, 2.24) is 15.3 Å². The first-order valence-electron chi connectivity index (χ1n) is 12.7. The molecule has 1 heterocycles. The highest BCUT2D eigenvalue weighted by molar-refractivity contribution is 7.98. The number of benzene rings is 3. The summed E-state index contributed by atoms with van der Waals surface area (Å²) in [5.41, 5.74) is 3.83. The van der Waals surface area contributed by atoms with E-state index in [4.69, 9.17) is 11.6 Å². The van der Waals surface area contributed by atoms with Gasteiger partial charge in [0.15, 0.2) is 5.16 Å². The molecule has 5 nitrogen and oxygen atoms in total. The van der Waals surface area contributed by atoms with Crippen LogP contribution in [0.5, 0.6) is 0 Å². The minimum atomic E-state index is -0.147. The third kappa shape index (κ3) is 8.31. The quantitative estimate of drug-likeness (QED) is 0.0812. The molecule has 198 valence electrons. The fourth-order valence-corrected chi connectivity index (χ4v) is 5.19. The van der Waals surface area contributed by atoms with Crippen molar-refractivity contribution in [1.29, 1.82) is 0 Å². The molecule has 1 atom stereocenters. The van der Waals surface area contributed by atoms with Crippen molar-refractivity contribution in [2.24, 2.45) is 0 Å². The van der Waals surface area contributed by atoms with Gasteiger partial charge in [-0.1, -0.05) is 108 Å². The lowest BCUT2D eigenvalue weighted by molar-refractivity contribution is 0.0936. The van der Waals surface area contributed by atoms with Gasteiger partial charge in [-0.25, -0.2) is 9.97 Å². The molecular formula is C32H31ClN4OS. The van der Waals surface area contributed by atoms with Crippen molar-refractivity contribution >= 4 is 35.1 Å².